The highest BCUT2D eigenvalue weighted by Crippen LogP contribution is 2.29. The van der Waals surface area contributed by atoms with Crippen molar-refractivity contribution >= 4 is 23.8 Å². The lowest BCUT2D eigenvalue weighted by molar-refractivity contribution is -0.202. The Labute approximate surface area is 175 Å². The molecule has 1 N–H and O–H groups in total. The number of carbonyl (C=O) groups excluding carboxylic acids is 4. The third kappa shape index (κ3) is 6.27. The lowest BCUT2D eigenvalue weighted by atomic mass is 9.89. The number of carbonyl (C=O) groups is 4. The first-order chi connectivity index (χ1) is 14.6. The molecule has 8 nitrogen and oxygen atoms in total. The van der Waals surface area contributed by atoms with Crippen LogP contribution in [0.2, 0.25) is 0 Å². The Bertz CT molecular complexity index is 847. The van der Waals surface area contributed by atoms with Crippen LogP contribution >= 0.6 is 0 Å². The first kappa shape index (κ1) is 22.7. The molecular formula is C20H21F3N2O6. The van der Waals surface area contributed by atoms with Crippen molar-refractivity contribution in [2.45, 2.75) is 43.9 Å². The number of alkyl halides is 3. The number of piperidine rings is 2. The molecule has 3 rings (SSSR count). The molecule has 1 aromatic rings. The molecule has 2 aliphatic rings. The number of benzene rings is 1. The summed E-state index contributed by atoms with van der Waals surface area (Å²) in [6, 6.07) is 7.23. The molecule has 2 saturated heterocycles. The second-order valence-corrected chi connectivity index (χ2v) is 7.44. The van der Waals surface area contributed by atoms with Gasteiger partial charge in [0.05, 0.1) is 6.54 Å². The maximum Gasteiger partial charge on any atom is 0.491 e. The SMILES string of the molecule is O=C1CC[C@@H](Oc2ccc(C3CCN(CC(=O)OC(=O)C(F)(F)F)CC3)cc2)C(=O)N1. The zero-order valence-electron chi connectivity index (χ0n) is 16.4. The fourth-order valence-electron chi connectivity index (χ4n) is 3.57. The number of ether oxygens (including phenoxy) is 2. The molecule has 1 atom stereocenters. The van der Waals surface area contributed by atoms with E-state index in [2.05, 4.69) is 10.1 Å². The molecule has 31 heavy (non-hydrogen) atoms. The van der Waals surface area contributed by atoms with Crippen molar-refractivity contribution in [3.05, 3.63) is 29.8 Å². The average molecular weight is 442 g/mol. The van der Waals surface area contributed by atoms with Crippen molar-refractivity contribution in [1.82, 2.24) is 10.2 Å². The van der Waals surface area contributed by atoms with Crippen molar-refractivity contribution in [1.29, 1.82) is 0 Å². The van der Waals surface area contributed by atoms with E-state index in [0.717, 1.165) is 5.56 Å². The van der Waals surface area contributed by atoms with Crippen LogP contribution in [0.1, 0.15) is 37.2 Å². The molecule has 1 aromatic carbocycles. The van der Waals surface area contributed by atoms with Crippen molar-refractivity contribution < 1.29 is 41.8 Å². The third-order valence-corrected chi connectivity index (χ3v) is 5.20. The van der Waals surface area contributed by atoms with E-state index in [-0.39, 0.29) is 24.8 Å². The fourth-order valence-corrected chi connectivity index (χ4v) is 3.57. The molecular weight excluding hydrogens is 421 g/mol. The number of rotatable bonds is 5. The molecule has 2 aliphatic heterocycles. The average Bonchev–Trinajstić information content (AvgIpc) is 2.70. The van der Waals surface area contributed by atoms with Gasteiger partial charge in [-0.1, -0.05) is 12.1 Å². The van der Waals surface area contributed by atoms with Crippen LogP contribution in [0.15, 0.2) is 24.3 Å². The summed E-state index contributed by atoms with van der Waals surface area (Å²) in [6.45, 7) is 0.552. The third-order valence-electron chi connectivity index (χ3n) is 5.20. The van der Waals surface area contributed by atoms with E-state index >= 15 is 0 Å². The number of halogens is 3. The normalized spacial score (nSPS) is 20.8. The van der Waals surface area contributed by atoms with Gasteiger partial charge in [-0.15, -0.1) is 0 Å². The predicted octanol–water partition coefficient (Wildman–Crippen LogP) is 1.68. The number of nitrogens with zero attached hydrogens (tertiary/aromatic N) is 1. The smallest absolute Gasteiger partial charge is 0.481 e. The van der Waals surface area contributed by atoms with Crippen LogP contribution in [0.25, 0.3) is 0 Å². The summed E-state index contributed by atoms with van der Waals surface area (Å²) >= 11 is 0. The largest absolute Gasteiger partial charge is 0.491 e. The van der Waals surface area contributed by atoms with Crippen molar-refractivity contribution in [3.8, 4) is 5.75 Å². The van der Waals surface area contributed by atoms with Gasteiger partial charge in [0, 0.05) is 12.8 Å². The summed E-state index contributed by atoms with van der Waals surface area (Å²) in [5, 5.41) is 2.23. The van der Waals surface area contributed by atoms with Gasteiger partial charge in [-0.25, -0.2) is 4.79 Å². The number of imide groups is 1. The Kier molecular flexibility index (Phi) is 6.94. The van der Waals surface area contributed by atoms with E-state index < -0.39 is 30.1 Å². The first-order valence-electron chi connectivity index (χ1n) is 9.76. The maximum absolute atomic E-state index is 12.1. The topological polar surface area (TPSA) is 102 Å². The lowest BCUT2D eigenvalue weighted by Gasteiger charge is -2.31. The molecule has 2 fully saturated rings. The number of likely N-dealkylation sites (tertiary alicyclic amines) is 1. The minimum atomic E-state index is -5.20. The number of nitrogens with one attached hydrogen (secondary N) is 1. The van der Waals surface area contributed by atoms with Crippen molar-refractivity contribution in [2.75, 3.05) is 19.6 Å². The van der Waals surface area contributed by atoms with E-state index in [1.54, 1.807) is 17.0 Å². The van der Waals surface area contributed by atoms with Gasteiger partial charge in [-0.2, -0.15) is 13.2 Å². The van der Waals surface area contributed by atoms with E-state index in [1.807, 2.05) is 12.1 Å². The van der Waals surface area contributed by atoms with Gasteiger partial charge in [0.2, 0.25) is 5.91 Å². The molecule has 2 heterocycles. The van der Waals surface area contributed by atoms with E-state index in [9.17, 15) is 32.3 Å². The van der Waals surface area contributed by atoms with Gasteiger partial charge in [-0.05, 0) is 49.5 Å². The Morgan fingerprint density at radius 3 is 2.29 bits per heavy atom. The number of hydrogen-bond acceptors (Lipinski definition) is 7. The molecule has 11 heteroatoms. The van der Waals surface area contributed by atoms with Gasteiger partial charge >= 0.3 is 18.1 Å². The molecule has 0 aliphatic carbocycles. The summed E-state index contributed by atoms with van der Waals surface area (Å²) in [5.74, 6) is -3.81. The predicted molar refractivity (Wildman–Crippen MR) is 98.8 cm³/mol. The van der Waals surface area contributed by atoms with Crippen LogP contribution in [0, 0.1) is 0 Å². The summed E-state index contributed by atoms with van der Waals surface area (Å²) in [6.07, 6.45) is -4.01. The summed E-state index contributed by atoms with van der Waals surface area (Å²) in [4.78, 5) is 46.8. The zero-order valence-corrected chi connectivity index (χ0v) is 16.4. The highest BCUT2D eigenvalue weighted by molar-refractivity contribution is 5.99. The Morgan fingerprint density at radius 2 is 1.71 bits per heavy atom. The van der Waals surface area contributed by atoms with Crippen LogP contribution < -0.4 is 10.1 Å². The standard InChI is InChI=1S/C20H21F3N2O6/c21-20(22,23)19(29)31-17(27)11-25-9-7-13(8-10-25)12-1-3-14(4-2-12)30-15-5-6-16(26)24-18(15)28/h1-4,13,15H,5-11H2,(H,24,26,28)/t15-/m1/s1. The van der Waals surface area contributed by atoms with Crippen LogP contribution in [0.3, 0.4) is 0 Å². The van der Waals surface area contributed by atoms with Crippen LogP contribution in [-0.4, -0.2) is 60.6 Å². The van der Waals surface area contributed by atoms with E-state index in [1.165, 1.54) is 0 Å². The minimum Gasteiger partial charge on any atom is -0.481 e. The van der Waals surface area contributed by atoms with E-state index in [0.29, 0.717) is 38.1 Å². The molecule has 2 amide bonds. The Morgan fingerprint density at radius 1 is 1.06 bits per heavy atom. The van der Waals surface area contributed by atoms with Gasteiger partial charge in [0.1, 0.15) is 5.75 Å². The fraction of sp³-hybridized carbons (Fsp3) is 0.500. The second kappa shape index (κ2) is 9.46. The Balaban J connectivity index is 1.45. The van der Waals surface area contributed by atoms with Gasteiger partial charge in [0.15, 0.2) is 6.10 Å². The first-order valence-corrected chi connectivity index (χ1v) is 9.76. The zero-order chi connectivity index (χ0) is 22.6. The monoisotopic (exact) mass is 442 g/mol. The van der Waals surface area contributed by atoms with Gasteiger partial charge in [0.25, 0.3) is 5.91 Å². The summed E-state index contributed by atoms with van der Waals surface area (Å²) < 4.78 is 45.9. The Hall–Kier alpha value is -2.95. The minimum absolute atomic E-state index is 0.189. The van der Waals surface area contributed by atoms with Gasteiger partial charge < -0.3 is 9.47 Å². The quantitative estimate of drug-likeness (QED) is 0.421. The molecule has 0 spiro atoms. The van der Waals surface area contributed by atoms with Crippen LogP contribution in [0.4, 0.5) is 13.2 Å². The second-order valence-electron chi connectivity index (χ2n) is 7.44. The highest BCUT2D eigenvalue weighted by atomic mass is 19.4. The molecule has 0 radical (unpaired) electrons. The van der Waals surface area contributed by atoms with Crippen LogP contribution in [0.5, 0.6) is 5.75 Å². The number of amides is 2. The molecule has 0 bridgehead atoms. The lowest BCUT2D eigenvalue weighted by Crippen LogP contribution is -2.46. The maximum atomic E-state index is 12.1. The van der Waals surface area contributed by atoms with Gasteiger partial charge in [-0.3, -0.25) is 24.6 Å². The summed E-state index contributed by atoms with van der Waals surface area (Å²) in [7, 11) is 0. The van der Waals surface area contributed by atoms with Crippen molar-refractivity contribution in [3.63, 3.8) is 0 Å². The number of hydrogen-bond donors (Lipinski definition) is 1. The molecule has 0 saturated carbocycles. The van der Waals surface area contributed by atoms with Crippen LogP contribution in [-0.2, 0) is 23.9 Å². The molecule has 0 aromatic heterocycles. The number of esters is 2. The van der Waals surface area contributed by atoms with Crippen molar-refractivity contribution in [2.24, 2.45) is 0 Å². The molecule has 0 unspecified atom stereocenters. The van der Waals surface area contributed by atoms with E-state index in [4.69, 9.17) is 4.74 Å². The highest BCUT2D eigenvalue weighted by Gasteiger charge is 2.42. The summed E-state index contributed by atoms with van der Waals surface area (Å²) in [5.41, 5.74) is 1.03. The molecule has 168 valence electrons.